The summed E-state index contributed by atoms with van der Waals surface area (Å²) in [6, 6.07) is 14.1. The molecule has 182 valence electrons. The number of fused-ring (bicyclic) bond motifs is 1. The number of Topliss-reactive ketones (excluding diaryl/α,β-unsaturated/α-hetero) is 1. The Morgan fingerprint density at radius 1 is 1.11 bits per heavy atom. The van der Waals surface area contributed by atoms with Gasteiger partial charge in [0.15, 0.2) is 11.5 Å². The van der Waals surface area contributed by atoms with Crippen LogP contribution in [0.5, 0.6) is 0 Å². The lowest BCUT2D eigenvalue weighted by Crippen LogP contribution is -2.39. The standard InChI is InChI=1S/C27H27BrN2O5/c1-17-6-7-21-19(14-17)16-22(35-21)25(31)23-24(18-4-2-5-20(28)15-18)30(27(33)26(23)32)9-3-8-29-10-12-34-13-11-29/h2,4-7,14-16,24,32H,3,8-13H2,1H3. The number of carbonyl (C=O) groups is 2. The molecule has 1 fully saturated rings. The van der Waals surface area contributed by atoms with Gasteiger partial charge in [-0.1, -0.05) is 39.7 Å². The molecule has 2 aliphatic rings. The quantitative estimate of drug-likeness (QED) is 0.435. The summed E-state index contributed by atoms with van der Waals surface area (Å²) in [5, 5.41) is 11.7. The van der Waals surface area contributed by atoms with Crippen LogP contribution in [0.25, 0.3) is 11.0 Å². The van der Waals surface area contributed by atoms with Crippen LogP contribution in [0.4, 0.5) is 0 Å². The van der Waals surface area contributed by atoms with Gasteiger partial charge in [0.1, 0.15) is 5.58 Å². The molecule has 1 amide bonds. The molecule has 1 atom stereocenters. The molecule has 1 N–H and O–H groups in total. The zero-order valence-corrected chi connectivity index (χ0v) is 21.1. The lowest BCUT2D eigenvalue weighted by Gasteiger charge is -2.30. The lowest BCUT2D eigenvalue weighted by atomic mass is 9.95. The second-order valence-corrected chi connectivity index (χ2v) is 9.92. The van der Waals surface area contributed by atoms with Crippen LogP contribution < -0.4 is 0 Å². The maximum Gasteiger partial charge on any atom is 0.290 e. The molecule has 2 aliphatic heterocycles. The number of aryl methyl sites for hydroxylation is 1. The first-order chi connectivity index (χ1) is 16.9. The Kier molecular flexibility index (Phi) is 6.77. The highest BCUT2D eigenvalue weighted by atomic mass is 79.9. The summed E-state index contributed by atoms with van der Waals surface area (Å²) < 4.78 is 12.1. The van der Waals surface area contributed by atoms with Gasteiger partial charge in [0.05, 0.1) is 24.8 Å². The van der Waals surface area contributed by atoms with Crippen molar-refractivity contribution in [1.82, 2.24) is 9.80 Å². The number of morpholine rings is 1. The van der Waals surface area contributed by atoms with Crippen molar-refractivity contribution < 1.29 is 23.8 Å². The molecule has 0 aliphatic carbocycles. The fraction of sp³-hybridized carbons (Fsp3) is 0.333. The number of aliphatic hydroxyl groups is 1. The van der Waals surface area contributed by atoms with Crippen molar-refractivity contribution in [1.29, 1.82) is 0 Å². The second kappa shape index (κ2) is 9.97. The molecule has 0 saturated carbocycles. The Morgan fingerprint density at radius 2 is 1.91 bits per heavy atom. The van der Waals surface area contributed by atoms with Gasteiger partial charge in [-0.2, -0.15) is 0 Å². The minimum atomic E-state index is -0.702. The van der Waals surface area contributed by atoms with E-state index in [9.17, 15) is 14.7 Å². The van der Waals surface area contributed by atoms with E-state index in [0.717, 1.165) is 47.0 Å². The maximum atomic E-state index is 13.7. The number of hydrogen-bond acceptors (Lipinski definition) is 6. The van der Waals surface area contributed by atoms with E-state index in [-0.39, 0.29) is 11.3 Å². The van der Waals surface area contributed by atoms with Crippen molar-refractivity contribution in [3.63, 3.8) is 0 Å². The molecular formula is C27H27BrN2O5. The molecule has 35 heavy (non-hydrogen) atoms. The van der Waals surface area contributed by atoms with E-state index in [1.165, 1.54) is 0 Å². The van der Waals surface area contributed by atoms with Crippen LogP contribution in [0.2, 0.25) is 0 Å². The summed E-state index contributed by atoms with van der Waals surface area (Å²) >= 11 is 3.49. The third-order valence-corrected chi connectivity index (χ3v) is 7.08. The predicted octanol–water partition coefficient (Wildman–Crippen LogP) is 4.80. The van der Waals surface area contributed by atoms with Crippen molar-refractivity contribution in [2.75, 3.05) is 39.4 Å². The van der Waals surface area contributed by atoms with Crippen molar-refractivity contribution in [3.05, 3.63) is 81.2 Å². The number of nitrogens with zero attached hydrogens (tertiary/aromatic N) is 2. The van der Waals surface area contributed by atoms with Gasteiger partial charge in [0.2, 0.25) is 5.78 Å². The van der Waals surface area contributed by atoms with Crippen LogP contribution in [0.3, 0.4) is 0 Å². The molecular weight excluding hydrogens is 512 g/mol. The lowest BCUT2D eigenvalue weighted by molar-refractivity contribution is -0.129. The summed E-state index contributed by atoms with van der Waals surface area (Å²) in [6.45, 7) is 6.33. The predicted molar refractivity (Wildman–Crippen MR) is 135 cm³/mol. The Hall–Kier alpha value is -2.94. The van der Waals surface area contributed by atoms with Crippen molar-refractivity contribution in [2.45, 2.75) is 19.4 Å². The summed E-state index contributed by atoms with van der Waals surface area (Å²) in [5.74, 6) is -1.42. The van der Waals surface area contributed by atoms with Gasteiger partial charge in [-0.25, -0.2) is 0 Å². The summed E-state index contributed by atoms with van der Waals surface area (Å²) in [7, 11) is 0. The first-order valence-corrected chi connectivity index (χ1v) is 12.6. The van der Waals surface area contributed by atoms with Gasteiger partial charge in [-0.15, -0.1) is 0 Å². The number of amides is 1. The first kappa shape index (κ1) is 23.8. The average Bonchev–Trinajstić information content (AvgIpc) is 3.38. The Bertz CT molecular complexity index is 1310. The minimum Gasteiger partial charge on any atom is -0.503 e. The van der Waals surface area contributed by atoms with Crippen LogP contribution >= 0.6 is 15.9 Å². The Labute approximate surface area is 212 Å². The smallest absolute Gasteiger partial charge is 0.290 e. The average molecular weight is 539 g/mol. The Balaban J connectivity index is 1.46. The van der Waals surface area contributed by atoms with Gasteiger partial charge in [-0.05, 0) is 49.2 Å². The van der Waals surface area contributed by atoms with E-state index in [1.54, 1.807) is 11.0 Å². The minimum absolute atomic E-state index is 0.0512. The van der Waals surface area contributed by atoms with Gasteiger partial charge in [-0.3, -0.25) is 14.5 Å². The number of rotatable bonds is 7. The summed E-state index contributed by atoms with van der Waals surface area (Å²) in [6.07, 6.45) is 0.717. The molecule has 3 heterocycles. The molecule has 3 aromatic rings. The molecule has 8 heteroatoms. The fourth-order valence-corrected chi connectivity index (χ4v) is 5.25. The molecule has 0 radical (unpaired) electrons. The Morgan fingerprint density at radius 3 is 2.69 bits per heavy atom. The van der Waals surface area contributed by atoms with Gasteiger partial charge >= 0.3 is 0 Å². The van der Waals surface area contributed by atoms with E-state index < -0.39 is 23.5 Å². The van der Waals surface area contributed by atoms with Gasteiger partial charge in [0, 0.05) is 36.0 Å². The van der Waals surface area contributed by atoms with E-state index in [1.807, 2.05) is 49.4 Å². The van der Waals surface area contributed by atoms with Crippen molar-refractivity contribution >= 4 is 38.6 Å². The van der Waals surface area contributed by atoms with E-state index in [2.05, 4.69) is 20.8 Å². The van der Waals surface area contributed by atoms with Crippen LogP contribution in [0.15, 0.2) is 68.8 Å². The zero-order chi connectivity index (χ0) is 24.5. The fourth-order valence-electron chi connectivity index (χ4n) is 4.84. The van der Waals surface area contributed by atoms with E-state index >= 15 is 0 Å². The van der Waals surface area contributed by atoms with Crippen molar-refractivity contribution in [3.8, 4) is 0 Å². The molecule has 0 spiro atoms. The summed E-state index contributed by atoms with van der Waals surface area (Å²) in [5.41, 5.74) is 2.44. The normalized spacial score (nSPS) is 19.2. The number of carbonyl (C=O) groups excluding carboxylic acids is 2. The molecule has 0 bridgehead atoms. The van der Waals surface area contributed by atoms with E-state index in [0.29, 0.717) is 25.3 Å². The largest absolute Gasteiger partial charge is 0.503 e. The molecule has 1 saturated heterocycles. The number of halogens is 1. The highest BCUT2D eigenvalue weighted by Crippen LogP contribution is 2.40. The zero-order valence-electron chi connectivity index (χ0n) is 19.5. The SMILES string of the molecule is Cc1ccc2oc(C(=O)C3=C(O)C(=O)N(CCCN4CCOCC4)C3c3cccc(Br)c3)cc2c1. The molecule has 1 aromatic heterocycles. The number of aliphatic hydroxyl groups excluding tert-OH is 1. The molecule has 5 rings (SSSR count). The van der Waals surface area contributed by atoms with Crippen LogP contribution in [0.1, 0.15) is 34.1 Å². The van der Waals surface area contributed by atoms with Crippen LogP contribution in [-0.2, 0) is 9.53 Å². The highest BCUT2D eigenvalue weighted by molar-refractivity contribution is 9.10. The monoisotopic (exact) mass is 538 g/mol. The number of furan rings is 1. The highest BCUT2D eigenvalue weighted by Gasteiger charge is 2.44. The second-order valence-electron chi connectivity index (χ2n) is 9.01. The number of hydrogen-bond donors (Lipinski definition) is 1. The number of ketones is 1. The topological polar surface area (TPSA) is 83.2 Å². The molecule has 2 aromatic carbocycles. The first-order valence-electron chi connectivity index (χ1n) is 11.8. The van der Waals surface area contributed by atoms with Crippen LogP contribution in [0, 0.1) is 6.92 Å². The van der Waals surface area contributed by atoms with Crippen molar-refractivity contribution in [2.24, 2.45) is 0 Å². The number of benzene rings is 2. The van der Waals surface area contributed by atoms with Gasteiger partial charge < -0.3 is 19.2 Å². The summed E-state index contributed by atoms with van der Waals surface area (Å²) in [4.78, 5) is 30.8. The third-order valence-electron chi connectivity index (χ3n) is 6.59. The van der Waals surface area contributed by atoms with Gasteiger partial charge in [0.25, 0.3) is 5.91 Å². The van der Waals surface area contributed by atoms with E-state index in [4.69, 9.17) is 9.15 Å². The molecule has 7 nitrogen and oxygen atoms in total. The third kappa shape index (κ3) is 4.78. The maximum absolute atomic E-state index is 13.7. The number of ether oxygens (including phenoxy) is 1. The molecule has 1 unspecified atom stereocenters. The van der Waals surface area contributed by atoms with Crippen LogP contribution in [-0.4, -0.2) is 66.0 Å².